The maximum absolute atomic E-state index is 11.5. The lowest BCUT2D eigenvalue weighted by molar-refractivity contribution is -0.145. The first-order valence-electron chi connectivity index (χ1n) is 4.39. The van der Waals surface area contributed by atoms with Crippen LogP contribution >= 0.6 is 0 Å². The molecule has 0 saturated carbocycles. The zero-order valence-electron chi connectivity index (χ0n) is 8.37. The SMILES string of the molecule is CC1(C)C(=O)NC(=O)CN1CCON. The van der Waals surface area contributed by atoms with Gasteiger partial charge in [0.2, 0.25) is 11.8 Å². The van der Waals surface area contributed by atoms with E-state index in [0.29, 0.717) is 13.2 Å². The van der Waals surface area contributed by atoms with Gasteiger partial charge < -0.3 is 4.84 Å². The highest BCUT2D eigenvalue weighted by molar-refractivity contribution is 6.02. The number of imide groups is 1. The van der Waals surface area contributed by atoms with E-state index in [2.05, 4.69) is 10.2 Å². The first-order chi connectivity index (χ1) is 6.48. The highest BCUT2D eigenvalue weighted by Gasteiger charge is 2.40. The van der Waals surface area contributed by atoms with Crippen LogP contribution < -0.4 is 11.2 Å². The van der Waals surface area contributed by atoms with Crippen LogP contribution in [0.2, 0.25) is 0 Å². The Balaban J connectivity index is 2.69. The third-order valence-corrected chi connectivity index (χ3v) is 2.41. The number of rotatable bonds is 3. The lowest BCUT2D eigenvalue weighted by Gasteiger charge is -2.39. The molecule has 0 radical (unpaired) electrons. The van der Waals surface area contributed by atoms with E-state index in [-0.39, 0.29) is 18.4 Å². The molecule has 0 aromatic rings. The summed E-state index contributed by atoms with van der Waals surface area (Å²) in [5, 5.41) is 2.28. The maximum Gasteiger partial charge on any atom is 0.246 e. The molecule has 1 aliphatic heterocycles. The summed E-state index contributed by atoms with van der Waals surface area (Å²) in [5.74, 6) is 4.32. The number of piperazine rings is 1. The summed E-state index contributed by atoms with van der Waals surface area (Å²) in [6.07, 6.45) is 0. The fourth-order valence-corrected chi connectivity index (χ4v) is 1.36. The molecule has 1 fully saturated rings. The van der Waals surface area contributed by atoms with Crippen LogP contribution in [-0.2, 0) is 14.4 Å². The molecule has 0 atom stereocenters. The Bertz CT molecular complexity index is 252. The quantitative estimate of drug-likeness (QED) is 0.434. The molecule has 14 heavy (non-hydrogen) atoms. The molecule has 6 nitrogen and oxygen atoms in total. The molecule has 0 bridgehead atoms. The van der Waals surface area contributed by atoms with Crippen LogP contribution in [0.4, 0.5) is 0 Å². The fourth-order valence-electron chi connectivity index (χ4n) is 1.36. The minimum Gasteiger partial charge on any atom is -0.303 e. The summed E-state index contributed by atoms with van der Waals surface area (Å²) < 4.78 is 0. The van der Waals surface area contributed by atoms with Crippen molar-refractivity contribution in [3.05, 3.63) is 0 Å². The summed E-state index contributed by atoms with van der Waals surface area (Å²) >= 11 is 0. The number of hydrogen-bond acceptors (Lipinski definition) is 5. The first-order valence-corrected chi connectivity index (χ1v) is 4.39. The number of amides is 2. The van der Waals surface area contributed by atoms with E-state index in [9.17, 15) is 9.59 Å². The van der Waals surface area contributed by atoms with Crippen molar-refractivity contribution in [1.29, 1.82) is 0 Å². The summed E-state index contributed by atoms with van der Waals surface area (Å²) in [5.41, 5.74) is -0.688. The predicted octanol–water partition coefficient (Wildman–Crippen LogP) is -1.39. The Morgan fingerprint density at radius 2 is 2.21 bits per heavy atom. The topological polar surface area (TPSA) is 84.7 Å². The van der Waals surface area contributed by atoms with Gasteiger partial charge in [-0.25, -0.2) is 5.90 Å². The van der Waals surface area contributed by atoms with Gasteiger partial charge >= 0.3 is 0 Å². The third kappa shape index (κ3) is 2.09. The number of carbonyl (C=O) groups is 2. The molecule has 0 unspecified atom stereocenters. The van der Waals surface area contributed by atoms with Gasteiger partial charge in [-0.3, -0.25) is 19.8 Å². The molecule has 0 spiro atoms. The third-order valence-electron chi connectivity index (χ3n) is 2.41. The molecule has 1 heterocycles. The second-order valence-electron chi connectivity index (χ2n) is 3.73. The molecular weight excluding hydrogens is 186 g/mol. The largest absolute Gasteiger partial charge is 0.303 e. The van der Waals surface area contributed by atoms with E-state index in [1.54, 1.807) is 18.7 Å². The van der Waals surface area contributed by atoms with Crippen LogP contribution in [0.3, 0.4) is 0 Å². The molecular formula is C8H15N3O3. The lowest BCUT2D eigenvalue weighted by Crippen LogP contribution is -2.64. The normalized spacial score (nSPS) is 22.2. The molecule has 1 rings (SSSR count). The van der Waals surface area contributed by atoms with Crippen LogP contribution in [0.25, 0.3) is 0 Å². The smallest absolute Gasteiger partial charge is 0.246 e. The molecule has 80 valence electrons. The van der Waals surface area contributed by atoms with Gasteiger partial charge in [-0.15, -0.1) is 0 Å². The van der Waals surface area contributed by atoms with Crippen LogP contribution in [-0.4, -0.2) is 41.9 Å². The van der Waals surface area contributed by atoms with Crippen LogP contribution in [0.1, 0.15) is 13.8 Å². The maximum atomic E-state index is 11.5. The molecule has 3 N–H and O–H groups in total. The highest BCUT2D eigenvalue weighted by atomic mass is 16.6. The van der Waals surface area contributed by atoms with E-state index in [0.717, 1.165) is 0 Å². The van der Waals surface area contributed by atoms with E-state index in [1.165, 1.54) is 0 Å². The van der Waals surface area contributed by atoms with Gasteiger partial charge in [-0.05, 0) is 13.8 Å². The van der Waals surface area contributed by atoms with Crippen molar-refractivity contribution in [2.24, 2.45) is 5.90 Å². The second kappa shape index (κ2) is 4.04. The zero-order valence-corrected chi connectivity index (χ0v) is 8.37. The van der Waals surface area contributed by atoms with Crippen molar-refractivity contribution >= 4 is 11.8 Å². The standard InChI is InChI=1S/C8H15N3O3/c1-8(2)7(13)10-6(12)5-11(8)3-4-14-9/h3-5,9H2,1-2H3,(H,10,12,13). The first kappa shape index (κ1) is 11.1. The average molecular weight is 201 g/mol. The highest BCUT2D eigenvalue weighted by Crippen LogP contribution is 2.17. The minimum absolute atomic E-state index is 0.197. The average Bonchev–Trinajstić information content (AvgIpc) is 2.09. The van der Waals surface area contributed by atoms with E-state index >= 15 is 0 Å². The lowest BCUT2D eigenvalue weighted by atomic mass is 9.99. The van der Waals surface area contributed by atoms with E-state index in [1.807, 2.05) is 0 Å². The summed E-state index contributed by atoms with van der Waals surface area (Å²) in [6, 6.07) is 0. The molecule has 1 aliphatic rings. The fraction of sp³-hybridized carbons (Fsp3) is 0.750. The Kier molecular flexibility index (Phi) is 3.20. The molecule has 2 amide bonds. The monoisotopic (exact) mass is 201 g/mol. The van der Waals surface area contributed by atoms with Gasteiger partial charge in [-0.2, -0.15) is 0 Å². The van der Waals surface area contributed by atoms with Crippen molar-refractivity contribution in [2.45, 2.75) is 19.4 Å². The Labute approximate surface area is 82.3 Å². The van der Waals surface area contributed by atoms with Crippen molar-refractivity contribution in [3.8, 4) is 0 Å². The zero-order chi connectivity index (χ0) is 10.8. The van der Waals surface area contributed by atoms with Crippen molar-refractivity contribution in [2.75, 3.05) is 19.7 Å². The number of nitrogens with one attached hydrogen (secondary N) is 1. The Morgan fingerprint density at radius 1 is 1.57 bits per heavy atom. The van der Waals surface area contributed by atoms with Gasteiger partial charge in [0, 0.05) is 6.54 Å². The summed E-state index contributed by atoms with van der Waals surface area (Å²) in [4.78, 5) is 28.7. The van der Waals surface area contributed by atoms with Crippen LogP contribution in [0.5, 0.6) is 0 Å². The number of carbonyl (C=O) groups excluding carboxylic acids is 2. The van der Waals surface area contributed by atoms with Crippen LogP contribution in [0, 0.1) is 0 Å². The van der Waals surface area contributed by atoms with E-state index < -0.39 is 5.54 Å². The molecule has 1 saturated heterocycles. The Morgan fingerprint density at radius 3 is 2.79 bits per heavy atom. The number of hydrogen-bond donors (Lipinski definition) is 2. The predicted molar refractivity (Wildman–Crippen MR) is 48.9 cm³/mol. The minimum atomic E-state index is -0.688. The number of nitrogens with zero attached hydrogens (tertiary/aromatic N) is 1. The van der Waals surface area contributed by atoms with Gasteiger partial charge in [-0.1, -0.05) is 0 Å². The summed E-state index contributed by atoms with van der Waals surface area (Å²) in [7, 11) is 0. The van der Waals surface area contributed by atoms with E-state index in [4.69, 9.17) is 5.90 Å². The van der Waals surface area contributed by atoms with Crippen molar-refractivity contribution in [1.82, 2.24) is 10.2 Å². The molecule has 0 aromatic carbocycles. The van der Waals surface area contributed by atoms with Gasteiger partial charge in [0.1, 0.15) is 0 Å². The Hall–Kier alpha value is -0.980. The number of nitrogens with two attached hydrogens (primary N) is 1. The summed E-state index contributed by atoms with van der Waals surface area (Å²) in [6.45, 7) is 4.46. The van der Waals surface area contributed by atoms with Gasteiger partial charge in [0.15, 0.2) is 0 Å². The molecule has 6 heteroatoms. The second-order valence-corrected chi connectivity index (χ2v) is 3.73. The van der Waals surface area contributed by atoms with Crippen molar-refractivity contribution < 1.29 is 14.4 Å². The molecule has 0 aliphatic carbocycles. The van der Waals surface area contributed by atoms with Gasteiger partial charge in [0.05, 0.1) is 18.7 Å². The van der Waals surface area contributed by atoms with Crippen molar-refractivity contribution in [3.63, 3.8) is 0 Å². The molecule has 0 aromatic heterocycles. The van der Waals surface area contributed by atoms with Crippen LogP contribution in [0.15, 0.2) is 0 Å². The van der Waals surface area contributed by atoms with Gasteiger partial charge in [0.25, 0.3) is 0 Å².